The number of esters is 1. The molecule has 0 atom stereocenters. The maximum Gasteiger partial charge on any atom is 0.316 e. The van der Waals surface area contributed by atoms with Gasteiger partial charge in [0.25, 0.3) is 5.91 Å². The number of para-hydroxylation sites is 1. The summed E-state index contributed by atoms with van der Waals surface area (Å²) in [6.07, 6.45) is 1.93. The van der Waals surface area contributed by atoms with Gasteiger partial charge in [-0.25, -0.2) is 0 Å². The van der Waals surface area contributed by atoms with Crippen LogP contribution in [0.5, 0.6) is 0 Å². The maximum absolute atomic E-state index is 11.9. The fourth-order valence-corrected chi connectivity index (χ4v) is 3.17. The first-order chi connectivity index (χ1) is 11.6. The minimum Gasteiger partial charge on any atom is -0.455 e. The highest BCUT2D eigenvalue weighted by Crippen LogP contribution is 2.24. The molecule has 2 aromatic carbocycles. The Morgan fingerprint density at radius 3 is 2.54 bits per heavy atom. The van der Waals surface area contributed by atoms with Crippen LogP contribution in [0.2, 0.25) is 5.02 Å². The molecule has 0 aromatic heterocycles. The number of rotatable bonds is 7. The average molecular weight is 382 g/mol. The molecule has 0 aliphatic carbocycles. The Kier molecular flexibility index (Phi) is 7.49. The number of hydrogen-bond donors (Lipinski definition) is 1. The lowest BCUT2D eigenvalue weighted by Crippen LogP contribution is -2.21. The summed E-state index contributed by atoms with van der Waals surface area (Å²) in [5.41, 5.74) is 0.710. The topological polar surface area (TPSA) is 55.4 Å². The summed E-state index contributed by atoms with van der Waals surface area (Å²) in [5.74, 6) is -0.666. The number of thioether (sulfide) groups is 2. The highest BCUT2D eigenvalue weighted by Gasteiger charge is 2.10. The zero-order valence-electron chi connectivity index (χ0n) is 13.0. The predicted octanol–water partition coefficient (Wildman–Crippen LogP) is 4.34. The minimum absolute atomic E-state index is 0.135. The van der Waals surface area contributed by atoms with Crippen LogP contribution in [0.4, 0.5) is 5.69 Å². The van der Waals surface area contributed by atoms with E-state index in [9.17, 15) is 9.59 Å². The molecule has 0 spiro atoms. The van der Waals surface area contributed by atoms with Crippen LogP contribution < -0.4 is 5.32 Å². The lowest BCUT2D eigenvalue weighted by molar-refractivity contribution is -0.144. The van der Waals surface area contributed by atoms with Crippen LogP contribution in [0.25, 0.3) is 0 Å². The van der Waals surface area contributed by atoms with Crippen LogP contribution in [-0.2, 0) is 14.3 Å². The molecular formula is C17H16ClNO3S2. The second-order valence-electron chi connectivity index (χ2n) is 4.65. The first-order valence-corrected chi connectivity index (χ1v) is 9.64. The van der Waals surface area contributed by atoms with E-state index in [0.29, 0.717) is 10.7 Å². The van der Waals surface area contributed by atoms with Gasteiger partial charge in [-0.15, -0.1) is 23.5 Å². The second kappa shape index (κ2) is 9.61. The Morgan fingerprint density at radius 1 is 1.12 bits per heavy atom. The van der Waals surface area contributed by atoms with Gasteiger partial charge in [-0.05, 0) is 42.7 Å². The van der Waals surface area contributed by atoms with E-state index in [2.05, 4.69) is 5.32 Å². The third-order valence-electron chi connectivity index (χ3n) is 2.92. The van der Waals surface area contributed by atoms with E-state index in [4.69, 9.17) is 16.3 Å². The molecule has 0 aliphatic rings. The lowest BCUT2D eigenvalue weighted by Gasteiger charge is -2.09. The first-order valence-electron chi connectivity index (χ1n) is 7.05. The Hall–Kier alpha value is -1.63. The number of hydrogen-bond acceptors (Lipinski definition) is 5. The molecule has 1 amide bonds. The highest BCUT2D eigenvalue weighted by atomic mass is 35.5. The number of carbonyl (C=O) groups excluding carboxylic acids is 2. The summed E-state index contributed by atoms with van der Waals surface area (Å²) in [4.78, 5) is 25.5. The summed E-state index contributed by atoms with van der Waals surface area (Å²) >= 11 is 8.66. The number of ether oxygens (including phenoxy) is 1. The molecule has 0 bridgehead atoms. The van der Waals surface area contributed by atoms with Crippen LogP contribution in [0.3, 0.4) is 0 Å². The van der Waals surface area contributed by atoms with E-state index in [1.165, 1.54) is 23.5 Å². The maximum atomic E-state index is 11.9. The van der Waals surface area contributed by atoms with Crippen LogP contribution in [0, 0.1) is 0 Å². The third-order valence-corrected chi connectivity index (χ3v) is 4.95. The number of amides is 1. The highest BCUT2D eigenvalue weighted by molar-refractivity contribution is 8.00. The van der Waals surface area contributed by atoms with Gasteiger partial charge in [0.1, 0.15) is 0 Å². The summed E-state index contributed by atoms with van der Waals surface area (Å²) in [6, 6.07) is 14.6. The van der Waals surface area contributed by atoms with Gasteiger partial charge >= 0.3 is 5.97 Å². The molecule has 126 valence electrons. The molecule has 0 saturated carbocycles. The normalized spacial score (nSPS) is 10.2. The van der Waals surface area contributed by atoms with Crippen molar-refractivity contribution in [2.24, 2.45) is 0 Å². The molecule has 0 saturated heterocycles. The lowest BCUT2D eigenvalue weighted by atomic mass is 10.3. The van der Waals surface area contributed by atoms with Gasteiger partial charge in [0.2, 0.25) is 0 Å². The molecule has 0 fully saturated rings. The number of nitrogens with one attached hydrogen (secondary N) is 1. The number of benzene rings is 2. The van der Waals surface area contributed by atoms with E-state index in [0.717, 1.165) is 9.79 Å². The quantitative estimate of drug-likeness (QED) is 0.571. The zero-order chi connectivity index (χ0) is 17.4. The van der Waals surface area contributed by atoms with Crippen LogP contribution in [0.15, 0.2) is 58.3 Å². The first kappa shape index (κ1) is 18.7. The Labute approximate surface area is 154 Å². The summed E-state index contributed by atoms with van der Waals surface area (Å²) in [7, 11) is 0. The van der Waals surface area contributed by atoms with E-state index in [1.807, 2.05) is 42.7 Å². The molecule has 24 heavy (non-hydrogen) atoms. The fourth-order valence-electron chi connectivity index (χ4n) is 1.79. The van der Waals surface area contributed by atoms with Gasteiger partial charge in [-0.2, -0.15) is 0 Å². The smallest absolute Gasteiger partial charge is 0.316 e. The van der Waals surface area contributed by atoms with Crippen molar-refractivity contribution in [3.63, 3.8) is 0 Å². The minimum atomic E-state index is -0.441. The van der Waals surface area contributed by atoms with Gasteiger partial charge in [0.05, 0.1) is 11.4 Å². The fraction of sp³-hybridized carbons (Fsp3) is 0.176. The van der Waals surface area contributed by atoms with Gasteiger partial charge in [0, 0.05) is 14.8 Å². The average Bonchev–Trinajstić information content (AvgIpc) is 2.60. The molecule has 1 N–H and O–H groups in total. The molecule has 2 rings (SSSR count). The number of halogens is 1. The van der Waals surface area contributed by atoms with Gasteiger partial charge < -0.3 is 10.1 Å². The molecule has 7 heteroatoms. The molecular weight excluding hydrogens is 366 g/mol. The van der Waals surface area contributed by atoms with Crippen molar-refractivity contribution in [2.75, 3.05) is 23.9 Å². The van der Waals surface area contributed by atoms with Crippen molar-refractivity contribution >= 4 is 52.7 Å². The van der Waals surface area contributed by atoms with E-state index >= 15 is 0 Å². The number of anilines is 1. The third kappa shape index (κ3) is 6.11. The van der Waals surface area contributed by atoms with Crippen molar-refractivity contribution in [3.8, 4) is 0 Å². The number of carbonyl (C=O) groups is 2. The Balaban J connectivity index is 1.74. The van der Waals surface area contributed by atoms with Crippen LogP contribution in [0.1, 0.15) is 0 Å². The molecule has 0 aliphatic heterocycles. The van der Waals surface area contributed by atoms with Crippen molar-refractivity contribution in [2.45, 2.75) is 9.79 Å². The van der Waals surface area contributed by atoms with E-state index in [1.54, 1.807) is 12.1 Å². The Morgan fingerprint density at radius 2 is 1.83 bits per heavy atom. The SMILES string of the molecule is CSc1ccccc1NC(=O)COC(=O)CSc1ccc(Cl)cc1. The standard InChI is InChI=1S/C17H16ClNO3S2/c1-23-15-5-3-2-4-14(15)19-16(20)10-22-17(21)11-24-13-8-6-12(18)7-9-13/h2-9H,10-11H2,1H3,(H,19,20). The summed E-state index contributed by atoms with van der Waals surface area (Å²) in [5, 5.41) is 3.38. The van der Waals surface area contributed by atoms with Crippen molar-refractivity contribution < 1.29 is 14.3 Å². The zero-order valence-corrected chi connectivity index (χ0v) is 15.3. The molecule has 4 nitrogen and oxygen atoms in total. The van der Waals surface area contributed by atoms with E-state index < -0.39 is 5.97 Å². The summed E-state index contributed by atoms with van der Waals surface area (Å²) in [6.45, 7) is -0.303. The second-order valence-corrected chi connectivity index (χ2v) is 6.99. The molecule has 0 radical (unpaired) electrons. The van der Waals surface area contributed by atoms with Crippen LogP contribution in [-0.4, -0.2) is 30.5 Å². The molecule has 0 unspecified atom stereocenters. The molecule has 2 aromatic rings. The largest absolute Gasteiger partial charge is 0.455 e. The molecule has 0 heterocycles. The van der Waals surface area contributed by atoms with Crippen LogP contribution >= 0.6 is 35.1 Å². The summed E-state index contributed by atoms with van der Waals surface area (Å²) < 4.78 is 4.99. The van der Waals surface area contributed by atoms with Crippen molar-refractivity contribution in [3.05, 3.63) is 53.6 Å². The monoisotopic (exact) mass is 381 g/mol. The van der Waals surface area contributed by atoms with Crippen molar-refractivity contribution in [1.82, 2.24) is 0 Å². The van der Waals surface area contributed by atoms with Gasteiger partial charge in [0.15, 0.2) is 6.61 Å². The van der Waals surface area contributed by atoms with Gasteiger partial charge in [-0.3, -0.25) is 9.59 Å². The Bertz CT molecular complexity index is 707. The van der Waals surface area contributed by atoms with E-state index in [-0.39, 0.29) is 18.3 Å². The van der Waals surface area contributed by atoms with Crippen molar-refractivity contribution in [1.29, 1.82) is 0 Å². The van der Waals surface area contributed by atoms with Gasteiger partial charge in [-0.1, -0.05) is 23.7 Å². The predicted molar refractivity (Wildman–Crippen MR) is 100.0 cm³/mol.